The molecule has 5 heteroatoms. The minimum absolute atomic E-state index is 0.269. The van der Waals surface area contributed by atoms with Crippen LogP contribution in [0.2, 0.25) is 0 Å². The number of ether oxygens (including phenoxy) is 2. The van der Waals surface area contributed by atoms with Crippen LogP contribution >= 0.6 is 11.3 Å². The number of aromatic nitrogens is 1. The second-order valence-corrected chi connectivity index (χ2v) is 5.29. The van der Waals surface area contributed by atoms with Crippen molar-refractivity contribution in [2.75, 3.05) is 14.2 Å². The Morgan fingerprint density at radius 1 is 1.30 bits per heavy atom. The van der Waals surface area contributed by atoms with Gasteiger partial charge in [-0.1, -0.05) is 19.1 Å². The van der Waals surface area contributed by atoms with Gasteiger partial charge in [0.05, 0.1) is 20.3 Å². The van der Waals surface area contributed by atoms with E-state index < -0.39 is 0 Å². The first-order chi connectivity index (χ1) is 9.80. The molecule has 1 unspecified atom stereocenters. The molecule has 1 N–H and O–H groups in total. The zero-order chi connectivity index (χ0) is 14.4. The van der Waals surface area contributed by atoms with Crippen LogP contribution in [-0.2, 0) is 6.54 Å². The molecule has 2 rings (SSSR count). The Balaban J connectivity index is 2.10. The van der Waals surface area contributed by atoms with Gasteiger partial charge in [0.15, 0.2) is 11.5 Å². The lowest BCUT2D eigenvalue weighted by Crippen LogP contribution is -2.20. The van der Waals surface area contributed by atoms with Crippen molar-refractivity contribution < 1.29 is 9.47 Å². The van der Waals surface area contributed by atoms with Crippen molar-refractivity contribution in [2.45, 2.75) is 25.9 Å². The number of rotatable bonds is 7. The second kappa shape index (κ2) is 7.26. The molecule has 0 amide bonds. The number of thiazole rings is 1. The van der Waals surface area contributed by atoms with Gasteiger partial charge in [0, 0.05) is 23.7 Å². The van der Waals surface area contributed by atoms with E-state index in [0.717, 1.165) is 35.0 Å². The van der Waals surface area contributed by atoms with Gasteiger partial charge in [0.25, 0.3) is 0 Å². The van der Waals surface area contributed by atoms with Crippen molar-refractivity contribution in [1.82, 2.24) is 10.3 Å². The number of nitrogens with one attached hydrogen (secondary N) is 1. The summed E-state index contributed by atoms with van der Waals surface area (Å²) in [5.41, 5.74) is 1.09. The molecule has 0 aliphatic heterocycles. The van der Waals surface area contributed by atoms with E-state index in [0.29, 0.717) is 0 Å². The van der Waals surface area contributed by atoms with Crippen LogP contribution < -0.4 is 14.8 Å². The lowest BCUT2D eigenvalue weighted by atomic mass is 10.1. The second-order valence-electron chi connectivity index (χ2n) is 4.36. The Hall–Kier alpha value is -1.59. The zero-order valence-corrected chi connectivity index (χ0v) is 12.9. The largest absolute Gasteiger partial charge is 0.493 e. The Labute approximate surface area is 123 Å². The van der Waals surface area contributed by atoms with Gasteiger partial charge in [-0.2, -0.15) is 0 Å². The molecule has 20 heavy (non-hydrogen) atoms. The van der Waals surface area contributed by atoms with E-state index in [-0.39, 0.29) is 6.04 Å². The number of para-hydroxylation sites is 1. The molecule has 1 aromatic carbocycles. The number of hydrogen-bond donors (Lipinski definition) is 1. The first-order valence-electron chi connectivity index (χ1n) is 6.62. The van der Waals surface area contributed by atoms with E-state index in [9.17, 15) is 0 Å². The van der Waals surface area contributed by atoms with Crippen LogP contribution in [0.1, 0.15) is 30.0 Å². The van der Waals surface area contributed by atoms with Crippen molar-refractivity contribution in [3.05, 3.63) is 40.3 Å². The lowest BCUT2D eigenvalue weighted by Gasteiger charge is -2.17. The molecule has 0 saturated carbocycles. The summed E-state index contributed by atoms with van der Waals surface area (Å²) < 4.78 is 10.8. The Kier molecular flexibility index (Phi) is 5.38. The first kappa shape index (κ1) is 14.8. The van der Waals surface area contributed by atoms with Gasteiger partial charge in [-0.3, -0.25) is 0 Å². The minimum Gasteiger partial charge on any atom is -0.493 e. The van der Waals surface area contributed by atoms with Crippen molar-refractivity contribution in [1.29, 1.82) is 0 Å². The fourth-order valence-corrected chi connectivity index (χ4v) is 2.94. The maximum absolute atomic E-state index is 5.45. The Bertz CT molecular complexity index is 529. The van der Waals surface area contributed by atoms with Crippen LogP contribution in [-0.4, -0.2) is 19.2 Å². The molecule has 4 nitrogen and oxygen atoms in total. The molecule has 0 spiro atoms. The Morgan fingerprint density at radius 2 is 2.15 bits per heavy atom. The monoisotopic (exact) mass is 292 g/mol. The van der Waals surface area contributed by atoms with E-state index in [4.69, 9.17) is 9.47 Å². The maximum atomic E-state index is 5.45. The summed E-state index contributed by atoms with van der Waals surface area (Å²) in [4.78, 5) is 4.38. The number of benzene rings is 1. The molecule has 0 aliphatic carbocycles. The summed E-state index contributed by atoms with van der Waals surface area (Å²) in [7, 11) is 3.32. The van der Waals surface area contributed by atoms with Crippen LogP contribution in [0, 0.1) is 0 Å². The van der Waals surface area contributed by atoms with Gasteiger partial charge in [-0.25, -0.2) is 4.98 Å². The summed E-state index contributed by atoms with van der Waals surface area (Å²) in [6.45, 7) is 2.88. The van der Waals surface area contributed by atoms with Gasteiger partial charge in [0.2, 0.25) is 0 Å². The van der Waals surface area contributed by atoms with Crippen molar-refractivity contribution in [2.24, 2.45) is 0 Å². The fraction of sp³-hybridized carbons (Fsp3) is 0.400. The quantitative estimate of drug-likeness (QED) is 0.849. The third-order valence-corrected chi connectivity index (χ3v) is 4.07. The van der Waals surface area contributed by atoms with Crippen molar-refractivity contribution in [3.8, 4) is 11.5 Å². The Morgan fingerprint density at radius 3 is 2.75 bits per heavy atom. The minimum atomic E-state index is 0.269. The van der Waals surface area contributed by atoms with E-state index in [1.165, 1.54) is 0 Å². The molecule has 108 valence electrons. The predicted octanol–water partition coefficient (Wildman–Crippen LogP) is 3.40. The van der Waals surface area contributed by atoms with Gasteiger partial charge in [-0.05, 0) is 12.5 Å². The highest BCUT2D eigenvalue weighted by atomic mass is 32.1. The van der Waals surface area contributed by atoms with E-state index in [2.05, 4.69) is 17.2 Å². The van der Waals surface area contributed by atoms with Crippen LogP contribution in [0.4, 0.5) is 0 Å². The molecular weight excluding hydrogens is 272 g/mol. The molecule has 0 aliphatic rings. The average molecular weight is 292 g/mol. The van der Waals surface area contributed by atoms with Gasteiger partial charge >= 0.3 is 0 Å². The van der Waals surface area contributed by atoms with Crippen LogP contribution in [0.15, 0.2) is 29.8 Å². The molecule has 0 radical (unpaired) electrons. The smallest absolute Gasteiger partial charge is 0.165 e. The van der Waals surface area contributed by atoms with Gasteiger partial charge in [0.1, 0.15) is 5.01 Å². The average Bonchev–Trinajstić information content (AvgIpc) is 3.01. The van der Waals surface area contributed by atoms with Crippen LogP contribution in [0.3, 0.4) is 0 Å². The van der Waals surface area contributed by atoms with E-state index in [1.807, 2.05) is 29.8 Å². The molecule has 1 heterocycles. The number of methoxy groups -OCH3 is 2. The van der Waals surface area contributed by atoms with E-state index in [1.54, 1.807) is 25.6 Å². The molecule has 0 saturated heterocycles. The number of hydrogen-bond acceptors (Lipinski definition) is 5. The fourth-order valence-electron chi connectivity index (χ4n) is 2.14. The third-order valence-electron chi connectivity index (χ3n) is 3.18. The third kappa shape index (κ3) is 3.29. The normalized spacial score (nSPS) is 12.2. The molecule has 1 aromatic heterocycles. The molecule has 0 fully saturated rings. The van der Waals surface area contributed by atoms with Gasteiger partial charge < -0.3 is 14.8 Å². The summed E-state index contributed by atoms with van der Waals surface area (Å²) in [6.07, 6.45) is 2.84. The van der Waals surface area contributed by atoms with Crippen LogP contribution in [0.5, 0.6) is 11.5 Å². The molecule has 1 atom stereocenters. The lowest BCUT2D eigenvalue weighted by molar-refractivity contribution is 0.349. The van der Waals surface area contributed by atoms with Gasteiger partial charge in [-0.15, -0.1) is 11.3 Å². The summed E-state index contributed by atoms with van der Waals surface area (Å²) >= 11 is 1.68. The molecular formula is C15H20N2O2S. The highest BCUT2D eigenvalue weighted by molar-refractivity contribution is 7.09. The zero-order valence-electron chi connectivity index (χ0n) is 12.1. The van der Waals surface area contributed by atoms with E-state index >= 15 is 0 Å². The highest BCUT2D eigenvalue weighted by Crippen LogP contribution is 2.31. The van der Waals surface area contributed by atoms with Crippen LogP contribution in [0.25, 0.3) is 0 Å². The SMILES string of the molecule is CCC(NCc1cccc(OC)c1OC)c1nccs1. The first-order valence-corrected chi connectivity index (χ1v) is 7.50. The standard InChI is InChI=1S/C15H20N2O2S/c1-4-12(15-16-8-9-20-15)17-10-11-6-5-7-13(18-2)14(11)19-3/h5-9,12,17H,4,10H2,1-3H3. The number of nitrogens with zero attached hydrogens (tertiary/aromatic N) is 1. The summed E-state index contributed by atoms with van der Waals surface area (Å²) in [6, 6.07) is 6.19. The highest BCUT2D eigenvalue weighted by Gasteiger charge is 2.14. The molecule has 2 aromatic rings. The topological polar surface area (TPSA) is 43.4 Å². The summed E-state index contributed by atoms with van der Waals surface area (Å²) in [5.74, 6) is 1.55. The summed E-state index contributed by atoms with van der Waals surface area (Å²) in [5, 5.41) is 6.65. The van der Waals surface area contributed by atoms with Crippen molar-refractivity contribution >= 4 is 11.3 Å². The maximum Gasteiger partial charge on any atom is 0.165 e. The predicted molar refractivity (Wildman–Crippen MR) is 81.5 cm³/mol. The molecule has 0 bridgehead atoms. The van der Waals surface area contributed by atoms with Crippen molar-refractivity contribution in [3.63, 3.8) is 0 Å².